The SMILES string of the molecule is O=C(Cc1nc(-c2ccccc2)cs1)N/N=C\c1cccc(C(F)(F)F)c1. The zero-order valence-corrected chi connectivity index (χ0v) is 14.7. The number of hydrogen-bond acceptors (Lipinski definition) is 4. The van der Waals surface area contributed by atoms with Crippen LogP contribution in [0.5, 0.6) is 0 Å². The van der Waals surface area contributed by atoms with E-state index in [1.165, 1.54) is 29.7 Å². The first-order valence-corrected chi connectivity index (χ1v) is 8.79. The summed E-state index contributed by atoms with van der Waals surface area (Å²) in [6.07, 6.45) is -3.21. The van der Waals surface area contributed by atoms with Crippen molar-refractivity contribution >= 4 is 23.5 Å². The third-order valence-corrected chi connectivity index (χ3v) is 4.40. The zero-order chi connectivity index (χ0) is 19.3. The summed E-state index contributed by atoms with van der Waals surface area (Å²) >= 11 is 1.36. The number of rotatable bonds is 5. The van der Waals surface area contributed by atoms with Crippen molar-refractivity contribution < 1.29 is 18.0 Å². The smallest absolute Gasteiger partial charge is 0.273 e. The molecule has 8 heteroatoms. The van der Waals surface area contributed by atoms with Gasteiger partial charge in [-0.25, -0.2) is 10.4 Å². The van der Waals surface area contributed by atoms with E-state index < -0.39 is 17.6 Å². The monoisotopic (exact) mass is 389 g/mol. The summed E-state index contributed by atoms with van der Waals surface area (Å²) in [6, 6.07) is 14.3. The number of nitrogens with one attached hydrogen (secondary N) is 1. The highest BCUT2D eigenvalue weighted by atomic mass is 32.1. The Morgan fingerprint density at radius 2 is 1.93 bits per heavy atom. The molecule has 0 spiro atoms. The Hall–Kier alpha value is -3.00. The van der Waals surface area contributed by atoms with E-state index in [9.17, 15) is 18.0 Å². The molecule has 1 amide bonds. The topological polar surface area (TPSA) is 54.4 Å². The Balaban J connectivity index is 1.57. The lowest BCUT2D eigenvalue weighted by Gasteiger charge is -2.06. The molecule has 0 aliphatic carbocycles. The van der Waals surface area contributed by atoms with Gasteiger partial charge in [0.15, 0.2) is 0 Å². The molecular weight excluding hydrogens is 375 g/mol. The second kappa shape index (κ2) is 8.13. The van der Waals surface area contributed by atoms with Crippen molar-refractivity contribution in [3.63, 3.8) is 0 Å². The second-order valence-corrected chi connectivity index (χ2v) is 6.53. The van der Waals surface area contributed by atoms with Gasteiger partial charge in [-0.05, 0) is 17.7 Å². The van der Waals surface area contributed by atoms with Gasteiger partial charge in [0.25, 0.3) is 0 Å². The Bertz CT molecular complexity index is 952. The van der Waals surface area contributed by atoms with E-state index in [-0.39, 0.29) is 12.0 Å². The number of alkyl halides is 3. The number of benzene rings is 2. The number of thiazole rings is 1. The van der Waals surface area contributed by atoms with Crippen molar-refractivity contribution in [2.75, 3.05) is 0 Å². The van der Waals surface area contributed by atoms with Crippen molar-refractivity contribution in [2.45, 2.75) is 12.6 Å². The van der Waals surface area contributed by atoms with Crippen LogP contribution < -0.4 is 5.43 Å². The van der Waals surface area contributed by atoms with Crippen LogP contribution in [-0.4, -0.2) is 17.1 Å². The molecule has 4 nitrogen and oxygen atoms in total. The van der Waals surface area contributed by atoms with Gasteiger partial charge in [0, 0.05) is 10.9 Å². The maximum Gasteiger partial charge on any atom is 0.416 e. The van der Waals surface area contributed by atoms with E-state index in [1.807, 2.05) is 35.7 Å². The lowest BCUT2D eigenvalue weighted by Crippen LogP contribution is -2.19. The Labute approximate surface area is 157 Å². The number of amides is 1. The number of aromatic nitrogens is 1. The second-order valence-electron chi connectivity index (χ2n) is 5.59. The molecule has 0 radical (unpaired) electrons. The van der Waals surface area contributed by atoms with Crippen LogP contribution in [0.1, 0.15) is 16.1 Å². The number of carbonyl (C=O) groups is 1. The molecule has 27 heavy (non-hydrogen) atoms. The third-order valence-electron chi connectivity index (χ3n) is 3.55. The van der Waals surface area contributed by atoms with Gasteiger partial charge in [0.2, 0.25) is 5.91 Å². The van der Waals surface area contributed by atoms with Crippen molar-refractivity contribution in [1.29, 1.82) is 0 Å². The minimum absolute atomic E-state index is 0.0391. The van der Waals surface area contributed by atoms with Crippen LogP contribution in [-0.2, 0) is 17.4 Å². The molecule has 0 saturated carbocycles. The highest BCUT2D eigenvalue weighted by Crippen LogP contribution is 2.29. The predicted octanol–water partition coefficient (Wildman–Crippen LogP) is 4.52. The number of nitrogens with zero attached hydrogens (tertiary/aromatic N) is 2. The van der Waals surface area contributed by atoms with E-state index in [0.717, 1.165) is 23.4 Å². The molecule has 0 bridgehead atoms. The van der Waals surface area contributed by atoms with Crippen molar-refractivity contribution in [1.82, 2.24) is 10.4 Å². The van der Waals surface area contributed by atoms with Crippen LogP contribution in [0.4, 0.5) is 13.2 Å². The molecule has 3 aromatic rings. The fourth-order valence-electron chi connectivity index (χ4n) is 2.28. The molecule has 138 valence electrons. The third kappa shape index (κ3) is 5.24. The van der Waals surface area contributed by atoms with Crippen molar-refractivity contribution in [3.8, 4) is 11.3 Å². The van der Waals surface area contributed by atoms with E-state index in [0.29, 0.717) is 5.01 Å². The van der Waals surface area contributed by atoms with E-state index in [1.54, 1.807) is 0 Å². The van der Waals surface area contributed by atoms with Crippen molar-refractivity contribution in [2.24, 2.45) is 5.10 Å². The first-order chi connectivity index (χ1) is 12.9. The molecule has 3 rings (SSSR count). The van der Waals surface area contributed by atoms with Gasteiger partial charge >= 0.3 is 6.18 Å². The number of carbonyl (C=O) groups excluding carboxylic acids is 1. The summed E-state index contributed by atoms with van der Waals surface area (Å²) in [7, 11) is 0. The lowest BCUT2D eigenvalue weighted by molar-refractivity contribution is -0.137. The minimum atomic E-state index is -4.42. The van der Waals surface area contributed by atoms with Crippen LogP contribution in [0.15, 0.2) is 65.1 Å². The molecule has 0 atom stereocenters. The lowest BCUT2D eigenvalue weighted by atomic mass is 10.1. The summed E-state index contributed by atoms with van der Waals surface area (Å²) in [4.78, 5) is 16.3. The first-order valence-electron chi connectivity index (χ1n) is 7.91. The predicted molar refractivity (Wildman–Crippen MR) is 98.4 cm³/mol. The molecule has 0 aliphatic rings. The first kappa shape index (κ1) is 18.8. The van der Waals surface area contributed by atoms with Crippen molar-refractivity contribution in [3.05, 3.63) is 76.1 Å². The molecule has 1 aromatic heterocycles. The van der Waals surface area contributed by atoms with E-state index in [2.05, 4.69) is 15.5 Å². The van der Waals surface area contributed by atoms with Gasteiger partial charge in [0.05, 0.1) is 23.9 Å². The van der Waals surface area contributed by atoms with Gasteiger partial charge in [-0.15, -0.1) is 11.3 Å². The molecule has 0 saturated heterocycles. The average molecular weight is 389 g/mol. The maximum absolute atomic E-state index is 12.7. The quantitative estimate of drug-likeness (QED) is 0.515. The molecule has 1 heterocycles. The molecule has 2 aromatic carbocycles. The summed E-state index contributed by atoms with van der Waals surface area (Å²) in [5, 5.41) is 6.20. The fraction of sp³-hybridized carbons (Fsp3) is 0.105. The largest absolute Gasteiger partial charge is 0.416 e. The molecule has 0 aliphatic heterocycles. The molecule has 1 N–H and O–H groups in total. The van der Waals surface area contributed by atoms with E-state index >= 15 is 0 Å². The van der Waals surface area contributed by atoms with Gasteiger partial charge < -0.3 is 0 Å². The minimum Gasteiger partial charge on any atom is -0.273 e. The van der Waals surface area contributed by atoms with Crippen LogP contribution in [0.2, 0.25) is 0 Å². The Morgan fingerprint density at radius 3 is 2.67 bits per heavy atom. The highest BCUT2D eigenvalue weighted by molar-refractivity contribution is 7.10. The van der Waals surface area contributed by atoms with Gasteiger partial charge in [0.1, 0.15) is 5.01 Å². The standard InChI is InChI=1S/C19H14F3N3OS/c20-19(21,22)15-8-4-5-13(9-15)11-23-25-17(26)10-18-24-16(12-27-18)14-6-2-1-3-7-14/h1-9,11-12H,10H2,(H,25,26)/b23-11-. The Morgan fingerprint density at radius 1 is 1.15 bits per heavy atom. The summed E-state index contributed by atoms with van der Waals surface area (Å²) in [6.45, 7) is 0. The van der Waals surface area contributed by atoms with E-state index in [4.69, 9.17) is 0 Å². The summed E-state index contributed by atoms with van der Waals surface area (Å²) in [5.41, 5.74) is 3.52. The molecule has 0 fully saturated rings. The Kier molecular flexibility index (Phi) is 5.66. The average Bonchev–Trinajstić information content (AvgIpc) is 3.10. The summed E-state index contributed by atoms with van der Waals surface area (Å²) < 4.78 is 38.0. The van der Waals surface area contributed by atoms with Gasteiger partial charge in [-0.2, -0.15) is 18.3 Å². The fourth-order valence-corrected chi connectivity index (χ4v) is 3.09. The molecular formula is C19H14F3N3OS. The van der Waals surface area contributed by atoms with Crippen LogP contribution in [0, 0.1) is 0 Å². The molecule has 0 unspecified atom stereocenters. The number of halogens is 3. The number of hydrazone groups is 1. The van der Waals surface area contributed by atoms with Gasteiger partial charge in [-0.1, -0.05) is 42.5 Å². The highest BCUT2D eigenvalue weighted by Gasteiger charge is 2.30. The zero-order valence-electron chi connectivity index (χ0n) is 13.9. The van der Waals surface area contributed by atoms with Gasteiger partial charge in [-0.3, -0.25) is 4.79 Å². The van der Waals surface area contributed by atoms with Crippen LogP contribution >= 0.6 is 11.3 Å². The van der Waals surface area contributed by atoms with Crippen LogP contribution in [0.25, 0.3) is 11.3 Å². The van der Waals surface area contributed by atoms with Crippen LogP contribution in [0.3, 0.4) is 0 Å². The summed E-state index contributed by atoms with van der Waals surface area (Å²) in [5.74, 6) is -0.396. The number of hydrogen-bond donors (Lipinski definition) is 1. The normalized spacial score (nSPS) is 11.7. The maximum atomic E-state index is 12.7.